The van der Waals surface area contributed by atoms with E-state index in [2.05, 4.69) is 5.32 Å². The molecule has 116 valence electrons. The number of hydrogen-bond acceptors (Lipinski definition) is 4. The van der Waals surface area contributed by atoms with Gasteiger partial charge in [0.15, 0.2) is 5.75 Å². The lowest BCUT2D eigenvalue weighted by Crippen LogP contribution is -2.32. The van der Waals surface area contributed by atoms with Gasteiger partial charge in [-0.3, -0.25) is 4.79 Å². The second-order valence-corrected chi connectivity index (χ2v) is 5.50. The maximum Gasteiger partial charge on any atom is 0.255 e. The molecule has 21 heavy (non-hydrogen) atoms. The molecular formula is C16H24N2O3. The predicted octanol–water partition coefficient (Wildman–Crippen LogP) is 1.81. The molecule has 4 N–H and O–H groups in total. The molecule has 0 bridgehead atoms. The van der Waals surface area contributed by atoms with Gasteiger partial charge in [0.1, 0.15) is 0 Å². The summed E-state index contributed by atoms with van der Waals surface area (Å²) in [4.78, 5) is 12.3. The van der Waals surface area contributed by atoms with Crippen LogP contribution in [0.2, 0.25) is 0 Å². The highest BCUT2D eigenvalue weighted by atomic mass is 16.5. The second-order valence-electron chi connectivity index (χ2n) is 5.50. The first kappa shape index (κ1) is 15.6. The van der Waals surface area contributed by atoms with Gasteiger partial charge in [-0.1, -0.05) is 12.5 Å². The van der Waals surface area contributed by atoms with E-state index in [1.165, 1.54) is 0 Å². The van der Waals surface area contributed by atoms with Crippen LogP contribution in [0.5, 0.6) is 5.75 Å². The van der Waals surface area contributed by atoms with Crippen LogP contribution in [0.3, 0.4) is 0 Å². The molecule has 0 saturated heterocycles. The summed E-state index contributed by atoms with van der Waals surface area (Å²) < 4.78 is 5.48. The summed E-state index contributed by atoms with van der Waals surface area (Å²) >= 11 is 0. The molecule has 5 nitrogen and oxygen atoms in total. The first-order chi connectivity index (χ1) is 10.2. The van der Waals surface area contributed by atoms with Crippen molar-refractivity contribution in [2.45, 2.75) is 26.2 Å². The van der Waals surface area contributed by atoms with Crippen molar-refractivity contribution in [3.8, 4) is 5.75 Å². The molecule has 0 aliphatic heterocycles. The highest BCUT2D eigenvalue weighted by molar-refractivity contribution is 5.98. The van der Waals surface area contributed by atoms with Gasteiger partial charge in [0.2, 0.25) is 0 Å². The lowest BCUT2D eigenvalue weighted by molar-refractivity contribution is 0.0934. The second kappa shape index (κ2) is 7.31. The highest BCUT2D eigenvalue weighted by Crippen LogP contribution is 2.31. The molecule has 1 aliphatic carbocycles. The molecule has 1 amide bonds. The molecule has 2 rings (SSSR count). The van der Waals surface area contributed by atoms with Crippen molar-refractivity contribution < 1.29 is 14.6 Å². The molecule has 0 aromatic heterocycles. The van der Waals surface area contributed by atoms with Gasteiger partial charge in [-0.2, -0.15) is 0 Å². The minimum Gasteiger partial charge on any atom is -0.491 e. The van der Waals surface area contributed by atoms with E-state index in [0.29, 0.717) is 42.0 Å². The Morgan fingerprint density at radius 3 is 2.90 bits per heavy atom. The lowest BCUT2D eigenvalue weighted by Gasteiger charge is -2.18. The Morgan fingerprint density at radius 2 is 2.19 bits per heavy atom. The van der Waals surface area contributed by atoms with Gasteiger partial charge in [0.05, 0.1) is 17.9 Å². The van der Waals surface area contributed by atoms with Gasteiger partial charge in [-0.05, 0) is 43.7 Å². The normalized spacial score (nSPS) is 21.2. The van der Waals surface area contributed by atoms with Crippen molar-refractivity contribution in [3.63, 3.8) is 0 Å². The molecule has 1 aromatic rings. The zero-order chi connectivity index (χ0) is 15.2. The number of nitrogens with two attached hydrogens (primary N) is 1. The number of aliphatic hydroxyl groups is 1. The number of benzene rings is 1. The first-order valence-corrected chi connectivity index (χ1v) is 7.57. The Morgan fingerprint density at radius 1 is 1.43 bits per heavy atom. The Balaban J connectivity index is 2.02. The third-order valence-electron chi connectivity index (χ3n) is 4.15. The Labute approximate surface area is 125 Å². The number of para-hydroxylation sites is 1. The van der Waals surface area contributed by atoms with Gasteiger partial charge >= 0.3 is 0 Å². The lowest BCUT2D eigenvalue weighted by atomic mass is 9.97. The zero-order valence-corrected chi connectivity index (χ0v) is 12.5. The first-order valence-electron chi connectivity index (χ1n) is 7.57. The van der Waals surface area contributed by atoms with Crippen LogP contribution < -0.4 is 15.8 Å². The zero-order valence-electron chi connectivity index (χ0n) is 12.5. The third-order valence-corrected chi connectivity index (χ3v) is 4.15. The van der Waals surface area contributed by atoms with Crippen molar-refractivity contribution >= 4 is 11.6 Å². The molecule has 0 heterocycles. The topological polar surface area (TPSA) is 84.6 Å². The summed E-state index contributed by atoms with van der Waals surface area (Å²) in [5.74, 6) is 0.935. The summed E-state index contributed by atoms with van der Waals surface area (Å²) in [5, 5.41) is 12.3. The van der Waals surface area contributed by atoms with Crippen LogP contribution in [0.15, 0.2) is 18.2 Å². The Bertz CT molecular complexity index is 490. The van der Waals surface area contributed by atoms with Crippen LogP contribution in [0.25, 0.3) is 0 Å². The van der Waals surface area contributed by atoms with Gasteiger partial charge < -0.3 is 20.9 Å². The molecule has 2 atom stereocenters. The molecular weight excluding hydrogens is 268 g/mol. The van der Waals surface area contributed by atoms with Crippen molar-refractivity contribution in [3.05, 3.63) is 23.8 Å². The molecule has 0 radical (unpaired) electrons. The van der Waals surface area contributed by atoms with Crippen LogP contribution >= 0.6 is 0 Å². The van der Waals surface area contributed by atoms with Crippen LogP contribution in [-0.2, 0) is 0 Å². The van der Waals surface area contributed by atoms with Crippen molar-refractivity contribution in [1.29, 1.82) is 0 Å². The van der Waals surface area contributed by atoms with E-state index in [0.717, 1.165) is 19.3 Å². The monoisotopic (exact) mass is 292 g/mol. The summed E-state index contributed by atoms with van der Waals surface area (Å²) in [7, 11) is 0. The highest BCUT2D eigenvalue weighted by Gasteiger charge is 2.27. The number of aliphatic hydroxyl groups excluding tert-OH is 1. The molecule has 2 unspecified atom stereocenters. The summed E-state index contributed by atoms with van der Waals surface area (Å²) in [6.45, 7) is 3.11. The fraction of sp³-hybridized carbons (Fsp3) is 0.562. The number of nitrogen functional groups attached to an aromatic ring is 1. The van der Waals surface area contributed by atoms with E-state index in [4.69, 9.17) is 10.5 Å². The number of carbonyl (C=O) groups excluding carboxylic acids is 1. The standard InChI is InChI=1S/C16H24N2O3/c1-2-21-15-13(7-4-8-14(15)17)16(20)18-9-11-5-3-6-12(11)10-19/h4,7-8,11-12,19H,2-3,5-6,9-10,17H2,1H3,(H,18,20). The number of rotatable bonds is 6. The van der Waals surface area contributed by atoms with E-state index >= 15 is 0 Å². The molecule has 1 fully saturated rings. The van der Waals surface area contributed by atoms with Gasteiger partial charge in [0, 0.05) is 13.2 Å². The van der Waals surface area contributed by atoms with Crippen LogP contribution in [-0.4, -0.2) is 30.8 Å². The molecule has 1 aliphatic rings. The van der Waals surface area contributed by atoms with Crippen LogP contribution in [0.1, 0.15) is 36.5 Å². The Kier molecular flexibility index (Phi) is 5.44. The van der Waals surface area contributed by atoms with Crippen LogP contribution in [0, 0.1) is 11.8 Å². The van der Waals surface area contributed by atoms with Crippen molar-refractivity contribution in [1.82, 2.24) is 5.32 Å². The summed E-state index contributed by atoms with van der Waals surface area (Å²) in [5.41, 5.74) is 6.81. The third kappa shape index (κ3) is 3.67. The SMILES string of the molecule is CCOc1c(N)cccc1C(=O)NCC1CCCC1CO. The number of hydrogen-bond donors (Lipinski definition) is 3. The largest absolute Gasteiger partial charge is 0.491 e. The summed E-state index contributed by atoms with van der Waals surface area (Å²) in [6, 6.07) is 5.19. The molecule has 0 spiro atoms. The average Bonchev–Trinajstić information content (AvgIpc) is 2.94. The number of nitrogens with one attached hydrogen (secondary N) is 1. The van der Waals surface area contributed by atoms with Crippen molar-refractivity contribution in [2.24, 2.45) is 11.8 Å². The molecule has 1 aromatic carbocycles. The van der Waals surface area contributed by atoms with Crippen LogP contribution in [0.4, 0.5) is 5.69 Å². The fourth-order valence-electron chi connectivity index (χ4n) is 2.98. The number of carbonyl (C=O) groups is 1. The van der Waals surface area contributed by atoms with E-state index < -0.39 is 0 Å². The van der Waals surface area contributed by atoms with Gasteiger partial charge in [-0.15, -0.1) is 0 Å². The number of ether oxygens (including phenoxy) is 1. The minimum atomic E-state index is -0.172. The van der Waals surface area contributed by atoms with Gasteiger partial charge in [0.25, 0.3) is 5.91 Å². The average molecular weight is 292 g/mol. The maximum absolute atomic E-state index is 12.3. The summed E-state index contributed by atoms with van der Waals surface area (Å²) in [6.07, 6.45) is 3.22. The minimum absolute atomic E-state index is 0.172. The van der Waals surface area contributed by atoms with E-state index in [1.54, 1.807) is 18.2 Å². The molecule has 5 heteroatoms. The quantitative estimate of drug-likeness (QED) is 0.698. The van der Waals surface area contributed by atoms with E-state index in [9.17, 15) is 9.90 Å². The Hall–Kier alpha value is -1.75. The van der Waals surface area contributed by atoms with E-state index in [-0.39, 0.29) is 12.5 Å². The smallest absolute Gasteiger partial charge is 0.255 e. The van der Waals surface area contributed by atoms with Crippen molar-refractivity contribution in [2.75, 3.05) is 25.5 Å². The number of anilines is 1. The molecule has 1 saturated carbocycles. The number of amides is 1. The maximum atomic E-state index is 12.3. The fourth-order valence-corrected chi connectivity index (χ4v) is 2.98. The predicted molar refractivity (Wildman–Crippen MR) is 82.3 cm³/mol. The van der Waals surface area contributed by atoms with Gasteiger partial charge in [-0.25, -0.2) is 0 Å². The van der Waals surface area contributed by atoms with E-state index in [1.807, 2.05) is 6.92 Å².